The van der Waals surface area contributed by atoms with Crippen LogP contribution in [0.2, 0.25) is 15.1 Å². The summed E-state index contributed by atoms with van der Waals surface area (Å²) in [6.07, 6.45) is 0.533. The molecule has 4 atom stereocenters. The molecule has 30 heavy (non-hydrogen) atoms. The molecule has 2 aromatic rings. The van der Waals surface area contributed by atoms with E-state index in [9.17, 15) is 9.90 Å². The lowest BCUT2D eigenvalue weighted by molar-refractivity contribution is -0.139. The molecule has 0 aliphatic carbocycles. The van der Waals surface area contributed by atoms with E-state index in [1.165, 1.54) is 12.1 Å². The highest BCUT2D eigenvalue weighted by molar-refractivity contribution is 6.35. The van der Waals surface area contributed by atoms with E-state index in [2.05, 4.69) is 5.32 Å². The maximum absolute atomic E-state index is 15.1. The zero-order valence-electron chi connectivity index (χ0n) is 16.8. The summed E-state index contributed by atoms with van der Waals surface area (Å²) in [5.74, 6) is -2.77. The van der Waals surface area contributed by atoms with E-state index in [1.54, 1.807) is 24.3 Å². The lowest BCUT2D eigenvalue weighted by atomic mass is 9.68. The van der Waals surface area contributed by atoms with Gasteiger partial charge in [0.1, 0.15) is 11.9 Å². The van der Waals surface area contributed by atoms with E-state index in [-0.39, 0.29) is 16.0 Å². The quantitative estimate of drug-likeness (QED) is 0.541. The molecule has 0 aromatic heterocycles. The highest BCUT2D eigenvalue weighted by atomic mass is 35.5. The van der Waals surface area contributed by atoms with Gasteiger partial charge in [0, 0.05) is 22.0 Å². The molecule has 0 bridgehead atoms. The van der Waals surface area contributed by atoms with Crippen LogP contribution in [0.15, 0.2) is 36.4 Å². The monoisotopic (exact) mass is 472 g/mol. The first-order chi connectivity index (χ1) is 13.9. The van der Waals surface area contributed by atoms with Crippen molar-refractivity contribution in [2.24, 2.45) is 11.1 Å². The second-order valence-electron chi connectivity index (χ2n) is 8.98. The molecule has 162 valence electrons. The molecule has 1 aliphatic heterocycles. The van der Waals surface area contributed by atoms with Gasteiger partial charge in [-0.2, -0.15) is 0 Å². The van der Waals surface area contributed by atoms with Crippen LogP contribution in [0, 0.1) is 11.2 Å². The second-order valence-corrected chi connectivity index (χ2v) is 10.2. The first-order valence-corrected chi connectivity index (χ1v) is 10.7. The van der Waals surface area contributed by atoms with Crippen molar-refractivity contribution < 1.29 is 14.3 Å². The fourth-order valence-electron chi connectivity index (χ4n) is 4.39. The standard InChI is InChI=1S/C22H24Cl3FN2O2/c1-21(2,3)10-16-22(27,13-8-7-11(23)9-15(13)25)17(19(28-16)20(29)30)12-5-4-6-14(24)18(12)26/h4-9,16-17,19,28H,10,27H2,1-3H3,(H,29,30)/t16-,17-,19+,22+/m0/s1. The van der Waals surface area contributed by atoms with Gasteiger partial charge in [0.2, 0.25) is 0 Å². The van der Waals surface area contributed by atoms with Crippen LogP contribution in [0.5, 0.6) is 0 Å². The lowest BCUT2D eigenvalue weighted by Crippen LogP contribution is -2.52. The van der Waals surface area contributed by atoms with Gasteiger partial charge in [0.25, 0.3) is 0 Å². The van der Waals surface area contributed by atoms with Crippen LogP contribution in [-0.2, 0) is 10.3 Å². The Morgan fingerprint density at radius 1 is 1.20 bits per heavy atom. The summed E-state index contributed by atoms with van der Waals surface area (Å²) in [6, 6.07) is 7.77. The minimum Gasteiger partial charge on any atom is -0.480 e. The Labute approximate surface area is 190 Å². The third kappa shape index (κ3) is 4.19. The molecule has 1 heterocycles. The van der Waals surface area contributed by atoms with Crippen molar-refractivity contribution >= 4 is 40.8 Å². The molecular weight excluding hydrogens is 450 g/mol. The third-order valence-corrected chi connectivity index (χ3v) is 6.44. The van der Waals surface area contributed by atoms with Gasteiger partial charge in [-0.3, -0.25) is 10.1 Å². The largest absolute Gasteiger partial charge is 0.480 e. The maximum Gasteiger partial charge on any atom is 0.321 e. The van der Waals surface area contributed by atoms with Crippen LogP contribution in [0.1, 0.15) is 44.2 Å². The minimum absolute atomic E-state index is 0.0968. The van der Waals surface area contributed by atoms with Gasteiger partial charge in [0.05, 0.1) is 10.6 Å². The lowest BCUT2D eigenvalue weighted by Gasteiger charge is -2.40. The average molecular weight is 474 g/mol. The number of hydrogen-bond acceptors (Lipinski definition) is 3. The molecule has 0 radical (unpaired) electrons. The Kier molecular flexibility index (Phi) is 6.43. The highest BCUT2D eigenvalue weighted by Gasteiger charge is 2.58. The van der Waals surface area contributed by atoms with Crippen LogP contribution in [0.25, 0.3) is 0 Å². The Balaban J connectivity index is 2.30. The van der Waals surface area contributed by atoms with E-state index >= 15 is 4.39 Å². The second kappa shape index (κ2) is 8.29. The molecule has 0 spiro atoms. The summed E-state index contributed by atoms with van der Waals surface area (Å²) in [6.45, 7) is 6.09. The molecule has 8 heteroatoms. The van der Waals surface area contributed by atoms with Crippen molar-refractivity contribution in [1.29, 1.82) is 0 Å². The normalized spacial score (nSPS) is 26.7. The fraction of sp³-hybridized carbons (Fsp3) is 0.409. The van der Waals surface area contributed by atoms with Crippen LogP contribution >= 0.6 is 34.8 Å². The fourth-order valence-corrected chi connectivity index (χ4v) is 5.14. The predicted molar refractivity (Wildman–Crippen MR) is 119 cm³/mol. The minimum atomic E-state index is -1.33. The Morgan fingerprint density at radius 3 is 2.43 bits per heavy atom. The molecule has 2 aromatic carbocycles. The molecule has 0 unspecified atom stereocenters. The Hall–Kier alpha value is -1.37. The van der Waals surface area contributed by atoms with E-state index in [0.717, 1.165) is 0 Å². The number of carbonyl (C=O) groups is 1. The van der Waals surface area contributed by atoms with Gasteiger partial charge in [-0.15, -0.1) is 0 Å². The van der Waals surface area contributed by atoms with Crippen molar-refractivity contribution in [1.82, 2.24) is 5.32 Å². The third-order valence-electron chi connectivity index (χ3n) is 5.60. The number of benzene rings is 2. The number of carboxylic acids is 1. The summed E-state index contributed by atoms with van der Waals surface area (Å²) in [4.78, 5) is 12.2. The van der Waals surface area contributed by atoms with Crippen LogP contribution < -0.4 is 11.1 Å². The Morgan fingerprint density at radius 2 is 1.87 bits per heavy atom. The average Bonchev–Trinajstić information content (AvgIpc) is 2.89. The molecule has 1 saturated heterocycles. The molecule has 1 aliphatic rings. The topological polar surface area (TPSA) is 75.3 Å². The number of nitrogens with one attached hydrogen (secondary N) is 1. The number of aliphatic carboxylic acids is 1. The van der Waals surface area contributed by atoms with Gasteiger partial charge in [-0.05, 0) is 41.2 Å². The maximum atomic E-state index is 15.1. The summed E-state index contributed by atoms with van der Waals surface area (Å²) < 4.78 is 15.1. The number of nitrogens with two attached hydrogens (primary N) is 1. The van der Waals surface area contributed by atoms with Crippen molar-refractivity contribution in [3.05, 3.63) is 68.4 Å². The van der Waals surface area contributed by atoms with Gasteiger partial charge in [-0.1, -0.05) is 73.8 Å². The molecule has 1 fully saturated rings. The number of rotatable bonds is 4. The van der Waals surface area contributed by atoms with Gasteiger partial charge in [0.15, 0.2) is 0 Å². The molecule has 4 nitrogen and oxygen atoms in total. The zero-order valence-corrected chi connectivity index (χ0v) is 19.1. The van der Waals surface area contributed by atoms with Gasteiger partial charge < -0.3 is 10.8 Å². The Bertz CT molecular complexity index is 979. The van der Waals surface area contributed by atoms with Crippen LogP contribution in [0.3, 0.4) is 0 Å². The zero-order chi connectivity index (χ0) is 22.4. The van der Waals surface area contributed by atoms with Crippen molar-refractivity contribution in [2.45, 2.75) is 50.7 Å². The van der Waals surface area contributed by atoms with E-state index in [0.29, 0.717) is 22.0 Å². The SMILES string of the molecule is CC(C)(C)C[C@@H]1N[C@@H](C(=O)O)[C@H](c2cccc(Cl)c2F)[C@@]1(N)c1ccc(Cl)cc1Cl. The van der Waals surface area contributed by atoms with Crippen molar-refractivity contribution in [2.75, 3.05) is 0 Å². The molecule has 0 saturated carbocycles. The predicted octanol–water partition coefficient (Wildman–Crippen LogP) is 5.58. The summed E-state index contributed by atoms with van der Waals surface area (Å²) in [7, 11) is 0. The van der Waals surface area contributed by atoms with Crippen LogP contribution in [-0.4, -0.2) is 23.2 Å². The van der Waals surface area contributed by atoms with E-state index in [1.807, 2.05) is 20.8 Å². The number of halogens is 4. The van der Waals surface area contributed by atoms with Crippen molar-refractivity contribution in [3.8, 4) is 0 Å². The van der Waals surface area contributed by atoms with Crippen molar-refractivity contribution in [3.63, 3.8) is 0 Å². The summed E-state index contributed by atoms with van der Waals surface area (Å²) in [5, 5.41) is 13.8. The van der Waals surface area contributed by atoms with Gasteiger partial charge >= 0.3 is 5.97 Å². The molecule has 3 rings (SSSR count). The van der Waals surface area contributed by atoms with Crippen LogP contribution in [0.4, 0.5) is 4.39 Å². The smallest absolute Gasteiger partial charge is 0.321 e. The summed E-state index contributed by atoms with van der Waals surface area (Å²) >= 11 is 18.6. The summed E-state index contributed by atoms with van der Waals surface area (Å²) in [5.41, 5.74) is 6.16. The number of carboxylic acid groups (broad SMARTS) is 1. The van der Waals surface area contributed by atoms with E-state index in [4.69, 9.17) is 40.5 Å². The first-order valence-electron chi connectivity index (χ1n) is 9.53. The molecule has 0 amide bonds. The van der Waals surface area contributed by atoms with E-state index < -0.39 is 35.3 Å². The first kappa shape index (κ1) is 23.3. The highest BCUT2D eigenvalue weighted by Crippen LogP contribution is 2.50. The van der Waals surface area contributed by atoms with Gasteiger partial charge in [-0.25, -0.2) is 4.39 Å². The molecule has 4 N–H and O–H groups in total. The number of hydrogen-bond donors (Lipinski definition) is 3. The molecular formula is C22H24Cl3FN2O2.